The first-order valence-electron chi connectivity index (χ1n) is 6.69. The number of esters is 1. The van der Waals surface area contributed by atoms with Crippen LogP contribution in [-0.2, 0) is 16.1 Å². The molecule has 1 atom stereocenters. The van der Waals surface area contributed by atoms with Gasteiger partial charge in [-0.1, -0.05) is 18.6 Å². The lowest BCUT2D eigenvalue weighted by molar-refractivity contribution is -0.148. The van der Waals surface area contributed by atoms with Crippen LogP contribution in [0.3, 0.4) is 0 Å². The number of hydrogen-bond donors (Lipinski definition) is 0. The van der Waals surface area contributed by atoms with Gasteiger partial charge in [-0.2, -0.15) is 0 Å². The molecule has 1 aliphatic rings. The average Bonchev–Trinajstić information content (AvgIpc) is 2.48. The van der Waals surface area contributed by atoms with E-state index in [1.54, 1.807) is 7.11 Å². The molecule has 0 radical (unpaired) electrons. The number of nitrogens with zero attached hydrogens (tertiary/aromatic N) is 1. The van der Waals surface area contributed by atoms with Gasteiger partial charge in [-0.15, -0.1) is 0 Å². The van der Waals surface area contributed by atoms with Crippen LogP contribution in [-0.4, -0.2) is 37.7 Å². The second-order valence-electron chi connectivity index (χ2n) is 4.85. The van der Waals surface area contributed by atoms with Crippen LogP contribution in [0, 0.1) is 0 Å². The fraction of sp³-hybridized carbons (Fsp3) is 0.533. The van der Waals surface area contributed by atoms with Crippen molar-refractivity contribution in [1.29, 1.82) is 0 Å². The van der Waals surface area contributed by atoms with Gasteiger partial charge >= 0.3 is 5.97 Å². The van der Waals surface area contributed by atoms with E-state index in [9.17, 15) is 4.79 Å². The molecule has 0 aliphatic carbocycles. The van der Waals surface area contributed by atoms with Gasteiger partial charge in [-0.05, 0) is 37.1 Å². The Morgan fingerprint density at radius 1 is 1.26 bits per heavy atom. The predicted molar refractivity (Wildman–Crippen MR) is 73.1 cm³/mol. The van der Waals surface area contributed by atoms with E-state index in [2.05, 4.69) is 4.90 Å². The van der Waals surface area contributed by atoms with E-state index in [0.29, 0.717) is 0 Å². The van der Waals surface area contributed by atoms with Gasteiger partial charge in [0.2, 0.25) is 0 Å². The van der Waals surface area contributed by atoms with Gasteiger partial charge in [0.15, 0.2) is 0 Å². The Labute approximate surface area is 114 Å². The number of carbonyl (C=O) groups is 1. The molecule has 1 heterocycles. The summed E-state index contributed by atoms with van der Waals surface area (Å²) in [5.41, 5.74) is 1.19. The maximum absolute atomic E-state index is 11.8. The van der Waals surface area contributed by atoms with Crippen LogP contribution in [0.4, 0.5) is 0 Å². The maximum Gasteiger partial charge on any atom is 0.323 e. The Balaban J connectivity index is 2.03. The molecule has 1 saturated heterocycles. The van der Waals surface area contributed by atoms with Crippen LogP contribution < -0.4 is 4.74 Å². The number of piperidine rings is 1. The Morgan fingerprint density at radius 2 is 2.00 bits per heavy atom. The Kier molecular flexibility index (Phi) is 4.80. The third-order valence-corrected chi connectivity index (χ3v) is 3.63. The summed E-state index contributed by atoms with van der Waals surface area (Å²) in [6, 6.07) is 7.89. The van der Waals surface area contributed by atoms with E-state index in [0.717, 1.165) is 38.1 Å². The highest BCUT2D eigenvalue weighted by molar-refractivity contribution is 5.75. The molecule has 0 aromatic heterocycles. The molecule has 0 amide bonds. The lowest BCUT2D eigenvalue weighted by Crippen LogP contribution is -2.44. The summed E-state index contributed by atoms with van der Waals surface area (Å²) in [5.74, 6) is 0.736. The standard InChI is InChI=1S/C15H21NO3/c1-18-13-8-6-12(7-9-13)11-16-10-4-3-5-14(16)15(17)19-2/h6-9,14H,3-5,10-11H2,1-2H3/t14-/m1/s1. The molecule has 1 aliphatic heterocycles. The van der Waals surface area contributed by atoms with Gasteiger partial charge < -0.3 is 9.47 Å². The molecule has 1 aromatic rings. The number of hydrogen-bond acceptors (Lipinski definition) is 4. The van der Waals surface area contributed by atoms with Crippen molar-refractivity contribution in [2.24, 2.45) is 0 Å². The van der Waals surface area contributed by atoms with Crippen molar-refractivity contribution in [1.82, 2.24) is 4.90 Å². The fourth-order valence-electron chi connectivity index (χ4n) is 2.55. The highest BCUT2D eigenvalue weighted by atomic mass is 16.5. The zero-order valence-corrected chi connectivity index (χ0v) is 11.6. The number of methoxy groups -OCH3 is 2. The predicted octanol–water partition coefficient (Wildman–Crippen LogP) is 2.22. The Bertz CT molecular complexity index is 416. The largest absolute Gasteiger partial charge is 0.497 e. The lowest BCUT2D eigenvalue weighted by atomic mass is 10.0. The summed E-state index contributed by atoms with van der Waals surface area (Å²) < 4.78 is 10.0. The molecule has 19 heavy (non-hydrogen) atoms. The molecule has 1 aromatic carbocycles. The summed E-state index contributed by atoms with van der Waals surface area (Å²) in [6.45, 7) is 1.73. The molecule has 0 N–H and O–H groups in total. The molecule has 104 valence electrons. The van der Waals surface area contributed by atoms with Gasteiger partial charge in [0, 0.05) is 6.54 Å². The van der Waals surface area contributed by atoms with Gasteiger partial charge in [-0.3, -0.25) is 9.69 Å². The smallest absolute Gasteiger partial charge is 0.323 e. The van der Waals surface area contributed by atoms with E-state index in [-0.39, 0.29) is 12.0 Å². The number of ether oxygens (including phenoxy) is 2. The number of likely N-dealkylation sites (tertiary alicyclic amines) is 1. The van der Waals surface area contributed by atoms with Crippen molar-refractivity contribution in [3.8, 4) is 5.75 Å². The molecule has 0 unspecified atom stereocenters. The number of benzene rings is 1. The first-order valence-corrected chi connectivity index (χ1v) is 6.69. The van der Waals surface area contributed by atoms with Gasteiger partial charge in [0.1, 0.15) is 11.8 Å². The molecular weight excluding hydrogens is 242 g/mol. The van der Waals surface area contributed by atoms with Crippen molar-refractivity contribution in [2.45, 2.75) is 31.8 Å². The summed E-state index contributed by atoms with van der Waals surface area (Å²) >= 11 is 0. The lowest BCUT2D eigenvalue weighted by Gasteiger charge is -2.33. The van der Waals surface area contributed by atoms with Gasteiger partial charge in [0.25, 0.3) is 0 Å². The minimum absolute atomic E-state index is 0.0964. The fourth-order valence-corrected chi connectivity index (χ4v) is 2.55. The zero-order valence-electron chi connectivity index (χ0n) is 11.6. The topological polar surface area (TPSA) is 38.8 Å². The molecule has 4 nitrogen and oxygen atoms in total. The minimum Gasteiger partial charge on any atom is -0.497 e. The van der Waals surface area contributed by atoms with Crippen LogP contribution in [0.25, 0.3) is 0 Å². The first-order chi connectivity index (χ1) is 9.24. The average molecular weight is 263 g/mol. The van der Waals surface area contributed by atoms with Gasteiger partial charge in [-0.25, -0.2) is 0 Å². The number of rotatable bonds is 4. The van der Waals surface area contributed by atoms with Crippen LogP contribution in [0.1, 0.15) is 24.8 Å². The van der Waals surface area contributed by atoms with Crippen molar-refractivity contribution < 1.29 is 14.3 Å². The molecule has 4 heteroatoms. The van der Waals surface area contributed by atoms with E-state index in [1.165, 1.54) is 12.7 Å². The van der Waals surface area contributed by atoms with Crippen LogP contribution >= 0.6 is 0 Å². The molecular formula is C15H21NO3. The van der Waals surface area contributed by atoms with Crippen molar-refractivity contribution in [3.05, 3.63) is 29.8 Å². The first kappa shape index (κ1) is 13.9. The SMILES string of the molecule is COC(=O)[C@H]1CCCCN1Cc1ccc(OC)cc1. The summed E-state index contributed by atoms with van der Waals surface area (Å²) in [5, 5.41) is 0. The molecule has 0 saturated carbocycles. The summed E-state index contributed by atoms with van der Waals surface area (Å²) in [6.07, 6.45) is 3.13. The molecule has 2 rings (SSSR count). The van der Waals surface area contributed by atoms with E-state index >= 15 is 0 Å². The second-order valence-corrected chi connectivity index (χ2v) is 4.85. The second kappa shape index (κ2) is 6.57. The molecule has 1 fully saturated rings. The Morgan fingerprint density at radius 3 is 2.63 bits per heavy atom. The third-order valence-electron chi connectivity index (χ3n) is 3.63. The monoisotopic (exact) mass is 263 g/mol. The van der Waals surface area contributed by atoms with E-state index in [1.807, 2.05) is 24.3 Å². The molecule has 0 bridgehead atoms. The van der Waals surface area contributed by atoms with Crippen LogP contribution in [0.5, 0.6) is 5.75 Å². The highest BCUT2D eigenvalue weighted by Crippen LogP contribution is 2.21. The number of carbonyl (C=O) groups excluding carboxylic acids is 1. The minimum atomic E-state index is -0.117. The van der Waals surface area contributed by atoms with Gasteiger partial charge in [0.05, 0.1) is 14.2 Å². The Hall–Kier alpha value is -1.55. The van der Waals surface area contributed by atoms with Crippen LogP contribution in [0.15, 0.2) is 24.3 Å². The molecule has 0 spiro atoms. The summed E-state index contributed by atoms with van der Waals surface area (Å²) in [4.78, 5) is 14.0. The quantitative estimate of drug-likeness (QED) is 0.781. The normalized spacial score (nSPS) is 20.0. The van der Waals surface area contributed by atoms with Crippen LogP contribution in [0.2, 0.25) is 0 Å². The van der Waals surface area contributed by atoms with E-state index < -0.39 is 0 Å². The van der Waals surface area contributed by atoms with Crippen molar-refractivity contribution in [3.63, 3.8) is 0 Å². The zero-order chi connectivity index (χ0) is 13.7. The van der Waals surface area contributed by atoms with Crippen molar-refractivity contribution in [2.75, 3.05) is 20.8 Å². The van der Waals surface area contributed by atoms with E-state index in [4.69, 9.17) is 9.47 Å². The van der Waals surface area contributed by atoms with Crippen molar-refractivity contribution >= 4 is 5.97 Å². The third kappa shape index (κ3) is 3.47. The summed E-state index contributed by atoms with van der Waals surface area (Å²) in [7, 11) is 3.12. The maximum atomic E-state index is 11.8. The highest BCUT2D eigenvalue weighted by Gasteiger charge is 2.29.